The minimum atomic E-state index is -4.91. The summed E-state index contributed by atoms with van der Waals surface area (Å²) in [5, 5.41) is 101. The number of methoxy groups -OCH3 is 2. The molecule has 1 aliphatic heterocycles. The van der Waals surface area contributed by atoms with Gasteiger partial charge in [-0.3, -0.25) is 28.0 Å². The summed E-state index contributed by atoms with van der Waals surface area (Å²) < 4.78 is 128. The molecular weight excluding hydrogens is 1410 g/mol. The molecule has 1 rings (SSSR count). The monoisotopic (exact) mass is 1520 g/mol. The van der Waals surface area contributed by atoms with Crippen LogP contribution >= 0.6 is 23.5 Å². The zero-order chi connectivity index (χ0) is 74.5. The molecule has 1 fully saturated rings. The van der Waals surface area contributed by atoms with Crippen LogP contribution in [0.5, 0.6) is 0 Å². The topological polar surface area (TPSA) is 608 Å². The number of hydrogen-bond acceptors (Lipinski definition) is 33. The molecule has 0 bridgehead atoms. The maximum absolute atomic E-state index is 12.6. The summed E-state index contributed by atoms with van der Waals surface area (Å²) in [5.41, 5.74) is -0.818. The maximum atomic E-state index is 12.6. The van der Waals surface area contributed by atoms with Crippen molar-refractivity contribution in [2.45, 2.75) is 120 Å². The molecule has 0 radical (unpaired) electrons. The Bertz CT molecular complexity index is 2150. The van der Waals surface area contributed by atoms with Gasteiger partial charge < -0.3 is 162 Å². The van der Waals surface area contributed by atoms with E-state index in [1.165, 1.54) is 28.1 Å². The molecule has 15 atom stereocenters. The van der Waals surface area contributed by atoms with E-state index >= 15 is 0 Å². The van der Waals surface area contributed by atoms with E-state index in [9.17, 15) is 74.0 Å². The molecule has 0 aliphatic carbocycles. The highest BCUT2D eigenvalue weighted by atomic mass is 31.2. The zero-order valence-corrected chi connectivity index (χ0v) is 58.9. The maximum Gasteiger partial charge on any atom is 0.469 e. The van der Waals surface area contributed by atoms with Crippen LogP contribution < -0.4 is 16.0 Å². The van der Waals surface area contributed by atoms with Crippen molar-refractivity contribution in [1.82, 2.24) is 16.0 Å². The highest BCUT2D eigenvalue weighted by Gasteiger charge is 2.45. The van der Waals surface area contributed by atoms with Crippen LogP contribution in [0.25, 0.3) is 0 Å². The second-order valence-corrected chi connectivity index (χ2v) is 26.3. The minimum Gasteiger partial charge on any atom is -0.390 e. The number of rotatable bonds is 64. The van der Waals surface area contributed by atoms with E-state index in [0.717, 1.165) is 0 Å². The summed E-state index contributed by atoms with van der Waals surface area (Å²) in [7, 11) is -12.2. The zero-order valence-electron chi connectivity index (χ0n) is 56.2. The first-order valence-corrected chi connectivity index (χ1v) is 36.0. The summed E-state index contributed by atoms with van der Waals surface area (Å²) in [6.45, 7) is 4.01. The van der Waals surface area contributed by atoms with Gasteiger partial charge in [-0.15, -0.1) is 0 Å². The van der Waals surface area contributed by atoms with Crippen LogP contribution in [-0.4, -0.2) is 365 Å². The Morgan fingerprint density at radius 1 is 0.424 bits per heavy atom. The molecule has 588 valence electrons. The Labute approximate surface area is 573 Å². The quantitative estimate of drug-likeness (QED) is 0.0153. The number of aliphatic hydroxyl groups is 9. The number of ether oxygens (including phenoxy) is 15. The molecule has 18 N–H and O–H groups in total. The van der Waals surface area contributed by atoms with Gasteiger partial charge in [-0.05, 0) is 0 Å². The van der Waals surface area contributed by atoms with Gasteiger partial charge >= 0.3 is 23.5 Å². The van der Waals surface area contributed by atoms with Crippen molar-refractivity contribution < 1.29 is 188 Å². The Kier molecular flexibility index (Phi) is 51.3. The predicted molar refractivity (Wildman–Crippen MR) is 333 cm³/mol. The van der Waals surface area contributed by atoms with E-state index in [2.05, 4.69) is 29.5 Å². The van der Waals surface area contributed by atoms with Gasteiger partial charge in [-0.2, -0.15) is 0 Å². The third-order valence-electron chi connectivity index (χ3n) is 13.8. The molecule has 15 unspecified atom stereocenters. The minimum absolute atomic E-state index is 0.00816. The number of phosphoric ester groups is 3. The van der Waals surface area contributed by atoms with Gasteiger partial charge in [-0.25, -0.2) is 13.7 Å². The second kappa shape index (κ2) is 53.5. The normalized spacial score (nSPS) is 20.8. The molecule has 99 heavy (non-hydrogen) atoms. The summed E-state index contributed by atoms with van der Waals surface area (Å²) in [6.07, 6.45) is -21.3. The van der Waals surface area contributed by atoms with Gasteiger partial charge in [0.2, 0.25) is 17.7 Å². The molecule has 1 aliphatic rings. The molecule has 1 saturated heterocycles. The highest BCUT2D eigenvalue weighted by Crippen LogP contribution is 2.39. The molecule has 0 aromatic heterocycles. The summed E-state index contributed by atoms with van der Waals surface area (Å²) in [6, 6.07) is 0. The van der Waals surface area contributed by atoms with E-state index in [1.807, 2.05) is 0 Å². The van der Waals surface area contributed by atoms with Crippen molar-refractivity contribution >= 4 is 41.2 Å². The molecule has 45 heteroatoms. The number of hydrogen-bond donors (Lipinski definition) is 18. The van der Waals surface area contributed by atoms with E-state index in [4.69, 9.17) is 100 Å². The van der Waals surface area contributed by atoms with Crippen molar-refractivity contribution in [2.75, 3.05) is 192 Å². The van der Waals surface area contributed by atoms with Gasteiger partial charge in [0.1, 0.15) is 48.8 Å². The van der Waals surface area contributed by atoms with Crippen LogP contribution in [0.4, 0.5) is 0 Å². The number of carbonyl (C=O) groups is 3. The standard InChI is InChI=1S/C54H108N3O39P3/c1-36(30-93-97(70,71)72)42(61)45(64)48(67)51(79-4)90-27-24-84-21-18-81-15-9-55-39(58)6-12-87-33-54(3,35-89-14-8-41(60)57-11-17-83-20-23-86-26-29-92-53-50(69)47(66)44(63)38(96-53)32-95-99(76,77)78)34-88-13-7-40(59)56-10-16-82-19-22-85-25-28-91-52(80-5)49(68)46(65)43(62)37(2)31-94-98(73,74)75/h36-38,42-53,61-69H,6-35H2,1-5H3,(H,55,58)(H,56,59)(H,57,60)(H2,70,71,72)(H2,73,74,75)(H2,76,77,78). The highest BCUT2D eigenvalue weighted by molar-refractivity contribution is 7.46. The Morgan fingerprint density at radius 2 is 0.747 bits per heavy atom. The molecule has 0 saturated carbocycles. The number of phosphoric acid groups is 3. The molecule has 1 heterocycles. The van der Waals surface area contributed by atoms with Crippen LogP contribution in [0.2, 0.25) is 0 Å². The van der Waals surface area contributed by atoms with Crippen molar-refractivity contribution in [3.05, 3.63) is 0 Å². The van der Waals surface area contributed by atoms with E-state index in [0.29, 0.717) is 0 Å². The average Bonchev–Trinajstić information content (AvgIpc) is 0.820. The Morgan fingerprint density at radius 3 is 1.08 bits per heavy atom. The fraction of sp³-hybridized carbons (Fsp3) is 0.944. The molecule has 0 aromatic carbocycles. The fourth-order valence-electron chi connectivity index (χ4n) is 8.26. The van der Waals surface area contributed by atoms with Crippen LogP contribution in [0, 0.1) is 17.3 Å². The Hall–Kier alpha value is -2.22. The lowest BCUT2D eigenvalue weighted by molar-refractivity contribution is -0.301. The van der Waals surface area contributed by atoms with Crippen molar-refractivity contribution in [3.8, 4) is 0 Å². The van der Waals surface area contributed by atoms with Gasteiger partial charge in [-0.1, -0.05) is 20.8 Å². The lowest BCUT2D eigenvalue weighted by Gasteiger charge is -2.40. The van der Waals surface area contributed by atoms with Crippen LogP contribution in [0.15, 0.2) is 0 Å². The van der Waals surface area contributed by atoms with Crippen LogP contribution in [0.1, 0.15) is 40.0 Å². The Balaban J connectivity index is 2.51. The molecular formula is C54H108N3O39P3. The molecule has 3 amide bonds. The SMILES string of the molecule is COC(OCCOCCOCCNC(=O)CCOCC(C)(COCCC(=O)NCCOCCOCCOC(OC)C(O)C(O)C(O)C(C)COP(=O)(O)O)COCCC(=O)NCCOCCOCCOC1OC(COP(=O)(O)O)C(O)C(O)C1O)C(O)C(O)C(O)C(C)COP(=O)(O)O. The average molecular weight is 1520 g/mol. The first kappa shape index (κ1) is 94.8. The van der Waals surface area contributed by atoms with Gasteiger partial charge in [0.05, 0.1) is 171 Å². The molecule has 0 spiro atoms. The van der Waals surface area contributed by atoms with E-state index in [-0.39, 0.29) is 195 Å². The first-order chi connectivity index (χ1) is 46.7. The van der Waals surface area contributed by atoms with Crippen LogP contribution in [0.3, 0.4) is 0 Å². The smallest absolute Gasteiger partial charge is 0.390 e. The van der Waals surface area contributed by atoms with Crippen molar-refractivity contribution in [1.29, 1.82) is 0 Å². The van der Waals surface area contributed by atoms with Crippen LogP contribution in [-0.2, 0) is 113 Å². The van der Waals surface area contributed by atoms with Crippen molar-refractivity contribution in [3.63, 3.8) is 0 Å². The lowest BCUT2D eigenvalue weighted by atomic mass is 9.94. The summed E-state index contributed by atoms with van der Waals surface area (Å²) >= 11 is 0. The summed E-state index contributed by atoms with van der Waals surface area (Å²) in [4.78, 5) is 91.1. The van der Waals surface area contributed by atoms with Gasteiger partial charge in [0.25, 0.3) is 0 Å². The number of amides is 3. The summed E-state index contributed by atoms with van der Waals surface area (Å²) in [5.74, 6) is -2.97. The third kappa shape index (κ3) is 46.4. The number of aliphatic hydroxyl groups excluding tert-OH is 9. The largest absolute Gasteiger partial charge is 0.469 e. The predicted octanol–water partition coefficient (Wildman–Crippen LogP) is -6.77. The molecule has 42 nitrogen and oxygen atoms in total. The first-order valence-electron chi connectivity index (χ1n) is 31.4. The van der Waals surface area contributed by atoms with Gasteiger partial charge in [0.15, 0.2) is 18.9 Å². The number of carbonyl (C=O) groups excluding carboxylic acids is 3. The fourth-order valence-corrected chi connectivity index (χ4v) is 9.46. The number of nitrogens with one attached hydrogen (secondary N) is 3. The lowest BCUT2D eigenvalue weighted by Crippen LogP contribution is -2.59. The third-order valence-corrected chi connectivity index (χ3v) is 15.3. The van der Waals surface area contributed by atoms with E-state index < -0.39 is 140 Å². The van der Waals surface area contributed by atoms with Gasteiger partial charge in [0, 0.05) is 70.4 Å². The van der Waals surface area contributed by atoms with Crippen molar-refractivity contribution in [2.24, 2.45) is 17.3 Å². The van der Waals surface area contributed by atoms with E-state index in [1.54, 1.807) is 6.92 Å². The second-order valence-electron chi connectivity index (χ2n) is 22.5. The molecule has 0 aromatic rings.